The number of nitrogens with zero attached hydrogens (tertiary/aromatic N) is 2. The predicted molar refractivity (Wildman–Crippen MR) is 108 cm³/mol. The first-order chi connectivity index (χ1) is 12.3. The Kier molecular flexibility index (Phi) is 5.76. The van der Waals surface area contributed by atoms with Crippen LogP contribution in [-0.2, 0) is 10.0 Å². The van der Waals surface area contributed by atoms with Crippen molar-refractivity contribution in [2.75, 3.05) is 26.4 Å². The van der Waals surface area contributed by atoms with Gasteiger partial charge in [0.15, 0.2) is 0 Å². The Bertz CT molecular complexity index is 1030. The highest BCUT2D eigenvalue weighted by Crippen LogP contribution is 2.33. The van der Waals surface area contributed by atoms with Gasteiger partial charge in [0.2, 0.25) is 0 Å². The quantitative estimate of drug-likeness (QED) is 0.514. The smallest absolute Gasteiger partial charge is 0.268 e. The van der Waals surface area contributed by atoms with E-state index in [9.17, 15) is 12.8 Å². The predicted octanol–water partition coefficient (Wildman–Crippen LogP) is 4.43. The van der Waals surface area contributed by atoms with Gasteiger partial charge in [-0.05, 0) is 56.6 Å². The first-order valence-electron chi connectivity index (χ1n) is 7.88. The summed E-state index contributed by atoms with van der Waals surface area (Å²) >= 11 is 4.83. The summed E-state index contributed by atoms with van der Waals surface area (Å²) < 4.78 is 42.0. The van der Waals surface area contributed by atoms with E-state index in [1.807, 2.05) is 19.0 Å². The first-order valence-corrected chi connectivity index (χ1v) is 11.1. The van der Waals surface area contributed by atoms with Crippen LogP contribution in [0, 0.1) is 5.82 Å². The van der Waals surface area contributed by atoms with Crippen LogP contribution < -0.4 is 0 Å². The zero-order chi connectivity index (χ0) is 18.9. The van der Waals surface area contributed by atoms with E-state index in [0.29, 0.717) is 10.9 Å². The molecule has 26 heavy (non-hydrogen) atoms. The Morgan fingerprint density at radius 3 is 2.50 bits per heavy atom. The van der Waals surface area contributed by atoms with Crippen molar-refractivity contribution in [3.63, 3.8) is 0 Å². The van der Waals surface area contributed by atoms with Gasteiger partial charge in [-0.15, -0.1) is 11.8 Å². The van der Waals surface area contributed by atoms with Crippen molar-refractivity contribution in [3.05, 3.63) is 59.0 Å². The van der Waals surface area contributed by atoms with E-state index in [1.54, 1.807) is 30.5 Å². The minimum Gasteiger partial charge on any atom is -0.309 e. The Hall–Kier alpha value is -1.35. The molecule has 0 saturated heterocycles. The van der Waals surface area contributed by atoms with E-state index in [1.165, 1.54) is 33.9 Å². The lowest BCUT2D eigenvalue weighted by atomic mass is 10.2. The van der Waals surface area contributed by atoms with Gasteiger partial charge in [0.1, 0.15) is 5.82 Å². The average Bonchev–Trinajstić information content (AvgIpc) is 2.94. The summed E-state index contributed by atoms with van der Waals surface area (Å²) in [6.45, 7) is 0.839. The van der Waals surface area contributed by atoms with Gasteiger partial charge in [0.05, 0.1) is 10.4 Å². The molecule has 1 aromatic heterocycles. The zero-order valence-electron chi connectivity index (χ0n) is 14.3. The van der Waals surface area contributed by atoms with Gasteiger partial charge in [0, 0.05) is 33.2 Å². The molecule has 3 rings (SSSR count). The maximum atomic E-state index is 13.8. The zero-order valence-corrected chi connectivity index (χ0v) is 17.5. The van der Waals surface area contributed by atoms with Gasteiger partial charge in [-0.3, -0.25) is 0 Å². The second-order valence-corrected chi connectivity index (χ2v) is 9.93. The summed E-state index contributed by atoms with van der Waals surface area (Å²) in [6, 6.07) is 10.7. The topological polar surface area (TPSA) is 42.3 Å². The fourth-order valence-electron chi connectivity index (χ4n) is 2.52. The van der Waals surface area contributed by atoms with Crippen molar-refractivity contribution >= 4 is 48.6 Å². The van der Waals surface area contributed by atoms with Gasteiger partial charge in [0.25, 0.3) is 10.0 Å². The molecule has 0 amide bonds. The largest absolute Gasteiger partial charge is 0.309 e. The third kappa shape index (κ3) is 3.98. The second kappa shape index (κ2) is 7.72. The van der Waals surface area contributed by atoms with Crippen LogP contribution in [0.2, 0.25) is 0 Å². The minimum absolute atomic E-state index is 0.187. The molecule has 0 aliphatic heterocycles. The Balaban J connectivity index is 2.09. The van der Waals surface area contributed by atoms with Gasteiger partial charge >= 0.3 is 0 Å². The maximum absolute atomic E-state index is 13.8. The van der Waals surface area contributed by atoms with Crippen molar-refractivity contribution < 1.29 is 12.8 Å². The molecule has 3 aromatic rings. The van der Waals surface area contributed by atoms with Gasteiger partial charge in [-0.1, -0.05) is 15.9 Å². The summed E-state index contributed by atoms with van der Waals surface area (Å²) in [5.41, 5.74) is 0.474. The number of hydrogen-bond acceptors (Lipinski definition) is 4. The standard InChI is InChI=1S/C18H18BrFN2O2S2/c1-21(2)9-10-25-18-12-22(17-8-5-14(20)11-16(17)18)26(23,24)15-6-3-13(19)4-7-15/h3-8,11-12H,9-10H2,1-2H3. The van der Waals surface area contributed by atoms with E-state index in [0.717, 1.165) is 21.7 Å². The summed E-state index contributed by atoms with van der Waals surface area (Å²) in [5.74, 6) is 0.395. The van der Waals surface area contributed by atoms with E-state index in [4.69, 9.17) is 0 Å². The fraction of sp³-hybridized carbons (Fsp3) is 0.222. The third-order valence-corrected chi connectivity index (χ3v) is 7.10. The molecule has 0 spiro atoms. The summed E-state index contributed by atoms with van der Waals surface area (Å²) in [6.07, 6.45) is 1.59. The van der Waals surface area contributed by atoms with Crippen LogP contribution >= 0.6 is 27.7 Å². The molecule has 0 bridgehead atoms. The third-order valence-electron chi connectivity index (χ3n) is 3.86. The molecule has 1 heterocycles. The lowest BCUT2D eigenvalue weighted by Gasteiger charge is -2.08. The molecule has 0 aliphatic rings. The van der Waals surface area contributed by atoms with Crippen LogP contribution in [0.15, 0.2) is 62.9 Å². The van der Waals surface area contributed by atoms with Gasteiger partial charge in [-0.2, -0.15) is 0 Å². The summed E-state index contributed by atoms with van der Waals surface area (Å²) in [4.78, 5) is 2.99. The van der Waals surface area contributed by atoms with Crippen LogP contribution in [0.3, 0.4) is 0 Å². The van der Waals surface area contributed by atoms with Crippen molar-refractivity contribution in [1.82, 2.24) is 8.87 Å². The van der Waals surface area contributed by atoms with Crippen LogP contribution in [0.25, 0.3) is 10.9 Å². The first kappa shape index (κ1) is 19.4. The molecule has 0 radical (unpaired) electrons. The molecule has 0 saturated carbocycles. The lowest BCUT2D eigenvalue weighted by molar-refractivity contribution is 0.437. The van der Waals surface area contributed by atoms with Crippen molar-refractivity contribution in [2.45, 2.75) is 9.79 Å². The maximum Gasteiger partial charge on any atom is 0.268 e. The fourth-order valence-corrected chi connectivity index (χ4v) is 5.39. The van der Waals surface area contributed by atoms with Crippen molar-refractivity contribution in [1.29, 1.82) is 0 Å². The summed E-state index contributed by atoms with van der Waals surface area (Å²) in [5, 5.41) is 0.606. The number of rotatable bonds is 6. The van der Waals surface area contributed by atoms with Crippen LogP contribution in [0.5, 0.6) is 0 Å². The molecule has 0 unspecified atom stereocenters. The molecule has 138 valence electrons. The molecule has 8 heteroatoms. The molecule has 0 N–H and O–H groups in total. The Morgan fingerprint density at radius 2 is 1.85 bits per heavy atom. The SMILES string of the molecule is CN(C)CCSc1cn(S(=O)(=O)c2ccc(Br)cc2)c2ccc(F)cc12. The molecular weight excluding hydrogens is 439 g/mol. The Labute approximate surface area is 165 Å². The van der Waals surface area contributed by atoms with Crippen LogP contribution in [0.4, 0.5) is 4.39 Å². The van der Waals surface area contributed by atoms with E-state index in [2.05, 4.69) is 15.9 Å². The number of hydrogen-bond donors (Lipinski definition) is 0. The van der Waals surface area contributed by atoms with E-state index < -0.39 is 10.0 Å². The highest BCUT2D eigenvalue weighted by atomic mass is 79.9. The number of benzene rings is 2. The monoisotopic (exact) mass is 456 g/mol. The minimum atomic E-state index is -3.77. The number of thioether (sulfide) groups is 1. The van der Waals surface area contributed by atoms with E-state index >= 15 is 0 Å². The number of aromatic nitrogens is 1. The molecular formula is C18H18BrFN2O2S2. The normalized spacial score (nSPS) is 12.2. The van der Waals surface area contributed by atoms with E-state index in [-0.39, 0.29) is 10.7 Å². The van der Waals surface area contributed by atoms with Gasteiger partial charge < -0.3 is 4.90 Å². The molecule has 2 aromatic carbocycles. The Morgan fingerprint density at radius 1 is 1.15 bits per heavy atom. The number of fused-ring (bicyclic) bond motifs is 1. The van der Waals surface area contributed by atoms with Crippen molar-refractivity contribution in [2.24, 2.45) is 0 Å². The van der Waals surface area contributed by atoms with Gasteiger partial charge in [-0.25, -0.2) is 16.8 Å². The van der Waals surface area contributed by atoms with Crippen LogP contribution in [-0.4, -0.2) is 43.7 Å². The lowest BCUT2D eigenvalue weighted by Crippen LogP contribution is -2.14. The average molecular weight is 457 g/mol. The number of halogens is 2. The van der Waals surface area contributed by atoms with Crippen LogP contribution in [0.1, 0.15) is 0 Å². The molecule has 4 nitrogen and oxygen atoms in total. The molecule has 0 fully saturated rings. The molecule has 0 aliphatic carbocycles. The highest BCUT2D eigenvalue weighted by molar-refractivity contribution is 9.10. The van der Waals surface area contributed by atoms with Crippen molar-refractivity contribution in [3.8, 4) is 0 Å². The molecule has 0 atom stereocenters. The highest BCUT2D eigenvalue weighted by Gasteiger charge is 2.21. The second-order valence-electron chi connectivity index (χ2n) is 6.06. The summed E-state index contributed by atoms with van der Waals surface area (Å²) in [7, 11) is 0.181.